The first kappa shape index (κ1) is 16.6. The quantitative estimate of drug-likeness (QED) is 0.453. The van der Waals surface area contributed by atoms with Gasteiger partial charge in [-0.1, -0.05) is 34.7 Å². The van der Waals surface area contributed by atoms with Crippen LogP contribution in [0.1, 0.15) is 6.42 Å². The highest BCUT2D eigenvalue weighted by atomic mass is 16.5. The summed E-state index contributed by atoms with van der Waals surface area (Å²) < 4.78 is 9.04. The van der Waals surface area contributed by atoms with Crippen molar-refractivity contribution in [3.8, 4) is 0 Å². The molecule has 2 aromatic heterocycles. The fraction of sp³-hybridized carbons (Fsp3) is 0.333. The van der Waals surface area contributed by atoms with Gasteiger partial charge in [0.25, 0.3) is 0 Å². The van der Waals surface area contributed by atoms with Crippen LogP contribution in [0.25, 0.3) is 22.1 Å². The van der Waals surface area contributed by atoms with Crippen molar-refractivity contribution in [3.63, 3.8) is 0 Å². The smallest absolute Gasteiger partial charge is 0.113 e. The number of ether oxygens (including phenoxy) is 1. The van der Waals surface area contributed by atoms with Crippen molar-refractivity contribution in [2.45, 2.75) is 19.8 Å². The van der Waals surface area contributed by atoms with Gasteiger partial charge >= 0.3 is 0 Å². The maximum atomic E-state index is 5.21. The van der Waals surface area contributed by atoms with Gasteiger partial charge in [-0.15, -0.1) is 10.2 Å². The Bertz CT molecular complexity index is 917. The molecule has 0 radical (unpaired) electrons. The molecule has 26 heavy (non-hydrogen) atoms. The zero-order chi connectivity index (χ0) is 17.8. The number of fused-ring (bicyclic) bond motifs is 2. The number of aromatic nitrogens is 6. The Hall–Kier alpha value is -2.84. The minimum Gasteiger partial charge on any atom is -0.385 e. The molecule has 0 aliphatic carbocycles. The summed E-state index contributed by atoms with van der Waals surface area (Å²) in [5.41, 5.74) is 3.84. The zero-order valence-electron chi connectivity index (χ0n) is 14.7. The highest BCUT2D eigenvalue weighted by Gasteiger charge is 2.13. The molecule has 134 valence electrons. The van der Waals surface area contributed by atoms with Crippen molar-refractivity contribution in [2.75, 3.05) is 20.3 Å². The standard InChI is InChI=1S/C18H21N7O/c1-26-12-6-11-23(13-24-17-9-4-2-7-15(17)19-21-24)14-25-18-10-5-3-8-16(18)20-22-25/h2-5,7-10H,6,11-14H2,1H3. The number of rotatable bonds is 8. The molecule has 8 nitrogen and oxygen atoms in total. The van der Waals surface area contributed by atoms with Gasteiger partial charge in [-0.2, -0.15) is 0 Å². The summed E-state index contributed by atoms with van der Waals surface area (Å²) in [4.78, 5) is 2.27. The monoisotopic (exact) mass is 351 g/mol. The van der Waals surface area contributed by atoms with Crippen LogP contribution in [0.3, 0.4) is 0 Å². The van der Waals surface area contributed by atoms with Crippen LogP contribution in [0.15, 0.2) is 48.5 Å². The number of para-hydroxylation sites is 2. The first-order valence-electron chi connectivity index (χ1n) is 8.63. The molecule has 2 heterocycles. The molecule has 0 aliphatic rings. The van der Waals surface area contributed by atoms with Gasteiger partial charge in [-0.25, -0.2) is 9.36 Å². The van der Waals surface area contributed by atoms with Crippen LogP contribution in [0.5, 0.6) is 0 Å². The van der Waals surface area contributed by atoms with Crippen molar-refractivity contribution in [2.24, 2.45) is 0 Å². The molecule has 0 N–H and O–H groups in total. The molecule has 0 unspecified atom stereocenters. The Kier molecular flexibility index (Phi) is 4.85. The van der Waals surface area contributed by atoms with E-state index in [0.717, 1.165) is 35.0 Å². The maximum Gasteiger partial charge on any atom is 0.113 e. The molecule has 8 heteroatoms. The summed E-state index contributed by atoms with van der Waals surface area (Å²) in [6.45, 7) is 2.82. The number of benzene rings is 2. The van der Waals surface area contributed by atoms with E-state index in [9.17, 15) is 0 Å². The topological polar surface area (TPSA) is 73.9 Å². The number of nitrogens with zero attached hydrogens (tertiary/aromatic N) is 7. The van der Waals surface area contributed by atoms with E-state index in [0.29, 0.717) is 19.9 Å². The molecule has 4 rings (SSSR count). The van der Waals surface area contributed by atoms with Gasteiger partial charge in [0.2, 0.25) is 0 Å². The molecule has 0 amide bonds. The first-order chi connectivity index (χ1) is 12.8. The van der Waals surface area contributed by atoms with Crippen molar-refractivity contribution in [1.82, 2.24) is 34.9 Å². The lowest BCUT2D eigenvalue weighted by atomic mass is 10.3. The van der Waals surface area contributed by atoms with E-state index in [1.807, 2.05) is 57.9 Å². The van der Waals surface area contributed by atoms with Gasteiger partial charge in [0, 0.05) is 20.3 Å². The Labute approximate surface area is 151 Å². The molecule has 0 bridgehead atoms. The lowest BCUT2D eigenvalue weighted by Gasteiger charge is -2.22. The van der Waals surface area contributed by atoms with Crippen molar-refractivity contribution in [1.29, 1.82) is 0 Å². The number of hydrogen-bond acceptors (Lipinski definition) is 6. The van der Waals surface area contributed by atoms with E-state index in [-0.39, 0.29) is 0 Å². The predicted molar refractivity (Wildman–Crippen MR) is 98.3 cm³/mol. The van der Waals surface area contributed by atoms with Gasteiger partial charge in [0.1, 0.15) is 11.0 Å². The molecule has 0 spiro atoms. The lowest BCUT2D eigenvalue weighted by molar-refractivity contribution is 0.126. The van der Waals surface area contributed by atoms with E-state index < -0.39 is 0 Å². The molecule has 0 atom stereocenters. The van der Waals surface area contributed by atoms with Crippen LogP contribution in [-0.4, -0.2) is 55.1 Å². The van der Waals surface area contributed by atoms with Crippen molar-refractivity contribution < 1.29 is 4.74 Å². The summed E-state index contributed by atoms with van der Waals surface area (Å²) in [5, 5.41) is 17.1. The van der Waals surface area contributed by atoms with Crippen molar-refractivity contribution >= 4 is 22.1 Å². The lowest BCUT2D eigenvalue weighted by Crippen LogP contribution is -2.31. The molecule has 4 aromatic rings. The average Bonchev–Trinajstić information content (AvgIpc) is 3.27. The predicted octanol–water partition coefficient (Wildman–Crippen LogP) is 2.13. The van der Waals surface area contributed by atoms with E-state index in [1.165, 1.54) is 0 Å². The highest BCUT2D eigenvalue weighted by molar-refractivity contribution is 5.74. The number of methoxy groups -OCH3 is 1. The fourth-order valence-electron chi connectivity index (χ4n) is 3.04. The van der Waals surface area contributed by atoms with Crippen LogP contribution in [0, 0.1) is 0 Å². The van der Waals surface area contributed by atoms with Gasteiger partial charge in [0.05, 0.1) is 24.4 Å². The minimum atomic E-state index is 0.623. The third kappa shape index (κ3) is 3.42. The molecule has 0 aliphatic heterocycles. The highest BCUT2D eigenvalue weighted by Crippen LogP contribution is 2.13. The maximum absolute atomic E-state index is 5.21. The first-order valence-corrected chi connectivity index (χ1v) is 8.63. The van der Waals surface area contributed by atoms with Crippen LogP contribution < -0.4 is 0 Å². The normalized spacial score (nSPS) is 11.8. The van der Waals surface area contributed by atoms with Gasteiger partial charge in [-0.3, -0.25) is 4.90 Å². The molecular formula is C18H21N7O. The van der Waals surface area contributed by atoms with E-state index in [4.69, 9.17) is 4.74 Å². The number of hydrogen-bond donors (Lipinski definition) is 0. The largest absolute Gasteiger partial charge is 0.385 e. The summed E-state index contributed by atoms with van der Waals surface area (Å²) in [6, 6.07) is 16.0. The summed E-state index contributed by atoms with van der Waals surface area (Å²) >= 11 is 0. The SMILES string of the molecule is COCCCN(Cn1nnc2ccccc21)Cn1nnc2ccccc21. The summed E-state index contributed by atoms with van der Waals surface area (Å²) in [7, 11) is 1.72. The van der Waals surface area contributed by atoms with Gasteiger partial charge in [0.15, 0.2) is 0 Å². The van der Waals surface area contributed by atoms with E-state index in [2.05, 4.69) is 25.5 Å². The summed E-state index contributed by atoms with van der Waals surface area (Å²) in [6.07, 6.45) is 0.926. The second-order valence-corrected chi connectivity index (χ2v) is 6.18. The minimum absolute atomic E-state index is 0.623. The molecule has 0 saturated heterocycles. The third-order valence-corrected chi connectivity index (χ3v) is 4.33. The van der Waals surface area contributed by atoms with Crippen LogP contribution >= 0.6 is 0 Å². The zero-order valence-corrected chi connectivity index (χ0v) is 14.7. The Morgan fingerprint density at radius 3 is 1.92 bits per heavy atom. The Balaban J connectivity index is 1.57. The third-order valence-electron chi connectivity index (χ3n) is 4.33. The van der Waals surface area contributed by atoms with E-state index >= 15 is 0 Å². The van der Waals surface area contributed by atoms with Crippen LogP contribution in [-0.2, 0) is 18.1 Å². The van der Waals surface area contributed by atoms with Crippen LogP contribution in [0.4, 0.5) is 0 Å². The molecule has 0 fully saturated rings. The van der Waals surface area contributed by atoms with Crippen LogP contribution in [0.2, 0.25) is 0 Å². The van der Waals surface area contributed by atoms with Gasteiger partial charge in [-0.05, 0) is 30.7 Å². The molecular weight excluding hydrogens is 330 g/mol. The Morgan fingerprint density at radius 2 is 1.38 bits per heavy atom. The van der Waals surface area contributed by atoms with Gasteiger partial charge < -0.3 is 4.74 Å². The fourth-order valence-corrected chi connectivity index (χ4v) is 3.04. The van der Waals surface area contributed by atoms with E-state index in [1.54, 1.807) is 7.11 Å². The summed E-state index contributed by atoms with van der Waals surface area (Å²) in [5.74, 6) is 0. The van der Waals surface area contributed by atoms with Crippen molar-refractivity contribution in [3.05, 3.63) is 48.5 Å². The molecule has 0 saturated carbocycles. The second-order valence-electron chi connectivity index (χ2n) is 6.18. The Morgan fingerprint density at radius 1 is 0.846 bits per heavy atom. The average molecular weight is 351 g/mol. The molecule has 2 aromatic carbocycles. The second kappa shape index (κ2) is 7.59.